The molecule has 0 aliphatic heterocycles. The SMILES string of the molecule is CC(=O)N(CCOCCOCCOCCC(=O)O)CCOCCOCCOCCC(=O)O. The topological polar surface area (TPSA) is 150 Å². The Balaban J connectivity index is 3.47. The molecular weight excluding hydrogens is 430 g/mol. The lowest BCUT2D eigenvalue weighted by molar-refractivity contribution is -0.139. The van der Waals surface area contributed by atoms with Crippen molar-refractivity contribution in [1.29, 1.82) is 0 Å². The van der Waals surface area contributed by atoms with Gasteiger partial charge in [-0.15, -0.1) is 0 Å². The Morgan fingerprint density at radius 2 is 0.812 bits per heavy atom. The summed E-state index contributed by atoms with van der Waals surface area (Å²) in [6, 6.07) is 0. The number of amides is 1. The van der Waals surface area contributed by atoms with Crippen molar-refractivity contribution in [2.45, 2.75) is 19.8 Å². The van der Waals surface area contributed by atoms with E-state index in [0.29, 0.717) is 79.2 Å². The lowest BCUT2D eigenvalue weighted by atomic mass is 10.4. The van der Waals surface area contributed by atoms with Crippen molar-refractivity contribution in [3.63, 3.8) is 0 Å². The number of aliphatic carboxylic acids is 2. The standard InChI is InChI=1S/C20H37NO11/c1-18(22)21(4-8-29-12-16-31-14-10-27-6-2-19(23)24)5-9-30-13-17-32-15-11-28-7-3-20(25)26/h2-17H2,1H3,(H,23,24)(H,25,26). The smallest absolute Gasteiger partial charge is 0.305 e. The molecule has 32 heavy (non-hydrogen) atoms. The fourth-order valence-electron chi connectivity index (χ4n) is 2.18. The molecule has 12 heteroatoms. The van der Waals surface area contributed by atoms with Crippen molar-refractivity contribution in [3.8, 4) is 0 Å². The van der Waals surface area contributed by atoms with Crippen LogP contribution in [0.25, 0.3) is 0 Å². The summed E-state index contributed by atoms with van der Waals surface area (Å²) in [5, 5.41) is 16.9. The average Bonchev–Trinajstić information content (AvgIpc) is 2.73. The first-order chi connectivity index (χ1) is 15.4. The molecule has 0 bridgehead atoms. The van der Waals surface area contributed by atoms with Crippen LogP contribution in [0.3, 0.4) is 0 Å². The van der Waals surface area contributed by atoms with Gasteiger partial charge >= 0.3 is 11.9 Å². The Morgan fingerprint density at radius 1 is 0.531 bits per heavy atom. The fourth-order valence-corrected chi connectivity index (χ4v) is 2.18. The van der Waals surface area contributed by atoms with Crippen LogP contribution in [0, 0.1) is 0 Å². The van der Waals surface area contributed by atoms with Crippen molar-refractivity contribution >= 4 is 17.8 Å². The van der Waals surface area contributed by atoms with Crippen molar-refractivity contribution in [2.75, 3.05) is 92.4 Å². The molecular formula is C20H37NO11. The van der Waals surface area contributed by atoms with Gasteiger partial charge in [0.05, 0.1) is 92.1 Å². The van der Waals surface area contributed by atoms with E-state index in [1.165, 1.54) is 6.92 Å². The highest BCUT2D eigenvalue weighted by Crippen LogP contribution is 1.92. The van der Waals surface area contributed by atoms with Crippen molar-refractivity contribution < 1.29 is 53.0 Å². The third-order valence-electron chi connectivity index (χ3n) is 3.86. The van der Waals surface area contributed by atoms with Crippen LogP contribution in [-0.2, 0) is 42.8 Å². The van der Waals surface area contributed by atoms with Crippen LogP contribution in [-0.4, -0.2) is 125 Å². The monoisotopic (exact) mass is 467 g/mol. The molecule has 0 unspecified atom stereocenters. The van der Waals surface area contributed by atoms with E-state index in [0.717, 1.165) is 0 Å². The van der Waals surface area contributed by atoms with E-state index < -0.39 is 11.9 Å². The van der Waals surface area contributed by atoms with Crippen LogP contribution in [0.2, 0.25) is 0 Å². The molecule has 0 saturated heterocycles. The van der Waals surface area contributed by atoms with Gasteiger partial charge < -0.3 is 43.5 Å². The van der Waals surface area contributed by atoms with Gasteiger partial charge in [-0.05, 0) is 0 Å². The van der Waals surface area contributed by atoms with Crippen LogP contribution in [0.5, 0.6) is 0 Å². The average molecular weight is 468 g/mol. The highest BCUT2D eigenvalue weighted by atomic mass is 16.5. The summed E-state index contributed by atoms with van der Waals surface area (Å²) in [6.45, 7) is 6.39. The maximum absolute atomic E-state index is 11.7. The molecule has 0 spiro atoms. The number of nitrogens with zero attached hydrogens (tertiary/aromatic N) is 1. The van der Waals surface area contributed by atoms with Crippen LogP contribution in [0.15, 0.2) is 0 Å². The second-order valence-electron chi connectivity index (χ2n) is 6.47. The normalized spacial score (nSPS) is 10.9. The number of carbonyl (C=O) groups excluding carboxylic acids is 1. The summed E-state index contributed by atoms with van der Waals surface area (Å²) in [7, 11) is 0. The molecule has 2 N–H and O–H groups in total. The molecule has 0 radical (unpaired) electrons. The van der Waals surface area contributed by atoms with E-state index in [1.807, 2.05) is 0 Å². The Bertz CT molecular complexity index is 454. The van der Waals surface area contributed by atoms with Crippen LogP contribution in [0.4, 0.5) is 0 Å². The minimum Gasteiger partial charge on any atom is -0.481 e. The molecule has 0 saturated carbocycles. The summed E-state index contributed by atoms with van der Waals surface area (Å²) in [4.78, 5) is 33.9. The number of carbonyl (C=O) groups is 3. The first kappa shape index (κ1) is 30.2. The largest absolute Gasteiger partial charge is 0.481 e. The third-order valence-corrected chi connectivity index (χ3v) is 3.86. The Hall–Kier alpha value is -1.83. The predicted octanol–water partition coefficient (Wildman–Crippen LogP) is -0.116. The van der Waals surface area contributed by atoms with Gasteiger partial charge in [-0.3, -0.25) is 14.4 Å². The number of hydrogen-bond acceptors (Lipinski definition) is 9. The molecule has 0 aromatic carbocycles. The maximum atomic E-state index is 11.7. The number of ether oxygens (including phenoxy) is 6. The number of carboxylic acids is 2. The maximum Gasteiger partial charge on any atom is 0.305 e. The van der Waals surface area contributed by atoms with Crippen LogP contribution in [0.1, 0.15) is 19.8 Å². The Kier molecular flexibility index (Phi) is 21.1. The van der Waals surface area contributed by atoms with Gasteiger partial charge in [0.25, 0.3) is 0 Å². The summed E-state index contributed by atoms with van der Waals surface area (Å²) in [6.07, 6.45) is -0.0524. The van der Waals surface area contributed by atoms with E-state index in [4.69, 9.17) is 38.6 Å². The van der Waals surface area contributed by atoms with Gasteiger partial charge in [0.15, 0.2) is 0 Å². The summed E-state index contributed by atoms with van der Waals surface area (Å²) >= 11 is 0. The zero-order valence-electron chi connectivity index (χ0n) is 18.8. The fraction of sp³-hybridized carbons (Fsp3) is 0.850. The molecule has 0 heterocycles. The molecule has 0 rings (SSSR count). The Morgan fingerprint density at radius 3 is 1.09 bits per heavy atom. The van der Waals surface area contributed by atoms with Gasteiger partial charge in [-0.2, -0.15) is 0 Å². The van der Waals surface area contributed by atoms with Gasteiger partial charge in [0.1, 0.15) is 0 Å². The molecule has 12 nitrogen and oxygen atoms in total. The zero-order valence-corrected chi connectivity index (χ0v) is 18.8. The summed E-state index contributed by atoms with van der Waals surface area (Å²) < 4.78 is 31.7. The molecule has 0 aliphatic carbocycles. The molecule has 0 aliphatic rings. The quantitative estimate of drug-likeness (QED) is 0.183. The van der Waals surface area contributed by atoms with E-state index >= 15 is 0 Å². The zero-order chi connectivity index (χ0) is 23.9. The van der Waals surface area contributed by atoms with Crippen molar-refractivity contribution in [2.24, 2.45) is 0 Å². The Labute approximate surface area is 188 Å². The molecule has 0 atom stereocenters. The molecule has 0 fully saturated rings. The van der Waals surface area contributed by atoms with E-state index in [2.05, 4.69) is 0 Å². The van der Waals surface area contributed by atoms with E-state index in [-0.39, 0.29) is 32.0 Å². The minimum atomic E-state index is -0.895. The number of hydrogen-bond donors (Lipinski definition) is 2. The summed E-state index contributed by atoms with van der Waals surface area (Å²) in [5.41, 5.74) is 0. The van der Waals surface area contributed by atoms with Crippen molar-refractivity contribution in [3.05, 3.63) is 0 Å². The summed E-state index contributed by atoms with van der Waals surface area (Å²) in [5.74, 6) is -1.86. The van der Waals surface area contributed by atoms with Gasteiger partial charge in [-0.25, -0.2) is 0 Å². The lowest BCUT2D eigenvalue weighted by Gasteiger charge is -2.21. The predicted molar refractivity (Wildman–Crippen MR) is 112 cm³/mol. The highest BCUT2D eigenvalue weighted by Gasteiger charge is 2.08. The van der Waals surface area contributed by atoms with Crippen molar-refractivity contribution in [1.82, 2.24) is 4.90 Å². The van der Waals surface area contributed by atoms with E-state index in [1.54, 1.807) is 4.90 Å². The van der Waals surface area contributed by atoms with Gasteiger partial charge in [0, 0.05) is 20.0 Å². The highest BCUT2D eigenvalue weighted by molar-refractivity contribution is 5.73. The number of rotatable bonds is 24. The third kappa shape index (κ3) is 22.8. The van der Waals surface area contributed by atoms with Crippen LogP contribution < -0.4 is 0 Å². The molecule has 1 amide bonds. The van der Waals surface area contributed by atoms with Gasteiger partial charge in [-0.1, -0.05) is 0 Å². The lowest BCUT2D eigenvalue weighted by Crippen LogP contribution is -2.35. The molecule has 0 aromatic rings. The van der Waals surface area contributed by atoms with Gasteiger partial charge in [0.2, 0.25) is 5.91 Å². The molecule has 188 valence electrons. The first-order valence-corrected chi connectivity index (χ1v) is 10.6. The van der Waals surface area contributed by atoms with Crippen LogP contribution >= 0.6 is 0 Å². The van der Waals surface area contributed by atoms with E-state index in [9.17, 15) is 14.4 Å². The second-order valence-corrected chi connectivity index (χ2v) is 6.47. The first-order valence-electron chi connectivity index (χ1n) is 10.6. The molecule has 0 aromatic heterocycles. The minimum absolute atomic E-state index is 0.0262. The second kappa shape index (κ2) is 22.4. The number of carboxylic acid groups (broad SMARTS) is 2.